The van der Waals surface area contributed by atoms with E-state index < -0.39 is 11.5 Å². The Bertz CT molecular complexity index is 799. The van der Waals surface area contributed by atoms with Crippen molar-refractivity contribution in [2.24, 2.45) is 0 Å². The van der Waals surface area contributed by atoms with E-state index in [9.17, 15) is 13.5 Å². The van der Waals surface area contributed by atoms with Gasteiger partial charge in [-0.05, 0) is 67.2 Å². The lowest BCUT2D eigenvalue weighted by atomic mass is 10.0. The third-order valence-electron chi connectivity index (χ3n) is 4.15. The second kappa shape index (κ2) is 7.71. The second-order valence-electron chi connectivity index (χ2n) is 7.26. The molecule has 0 unspecified atom stereocenters. The van der Waals surface area contributed by atoms with Crippen LogP contribution >= 0.6 is 28.3 Å². The summed E-state index contributed by atoms with van der Waals surface area (Å²) in [5, 5.41) is 0. The first-order chi connectivity index (χ1) is 12.7. The average molecular weight is 459 g/mol. The van der Waals surface area contributed by atoms with Crippen LogP contribution in [0.5, 0.6) is 5.75 Å². The van der Waals surface area contributed by atoms with E-state index in [2.05, 4.69) is 15.9 Å². The van der Waals surface area contributed by atoms with Crippen LogP contribution in [-0.2, 0) is 9.53 Å². The van der Waals surface area contributed by atoms with Crippen LogP contribution in [0, 0.1) is 0 Å². The number of hydrogen-bond donors (Lipinski definition) is 0. The van der Waals surface area contributed by atoms with Crippen molar-refractivity contribution in [2.45, 2.75) is 39.2 Å². The molecule has 1 aromatic rings. The van der Waals surface area contributed by atoms with Gasteiger partial charge in [0.25, 0.3) is 0 Å². The lowest BCUT2D eigenvalue weighted by Crippen LogP contribution is -2.41. The summed E-state index contributed by atoms with van der Waals surface area (Å²) in [4.78, 5) is 26.5. The molecule has 1 aromatic carbocycles. The number of amides is 2. The van der Waals surface area contributed by atoms with Gasteiger partial charge in [0.1, 0.15) is 11.3 Å². The summed E-state index contributed by atoms with van der Waals surface area (Å²) >= 11 is 3.17. The largest absolute Gasteiger partial charge is 0.449 e. The maximum absolute atomic E-state index is 13.5. The molecule has 1 fully saturated rings. The van der Waals surface area contributed by atoms with Crippen molar-refractivity contribution >= 4 is 46.0 Å². The minimum atomic E-state index is -0.561. The molecular formula is C18H20BrFN2O4S. The van der Waals surface area contributed by atoms with E-state index in [0.717, 1.165) is 9.88 Å². The standard InChI is InChI=1S/C18H20BrFN2O4S/c1-18(2,3)26-17(24)21-9-7-11(8-10-21)15-16(23)22(27-20)14-12(19)5-4-6-13(14)25-15/h4-6H,7-10H2,1-3H3. The highest BCUT2D eigenvalue weighted by atomic mass is 79.9. The number of hydrogen-bond acceptors (Lipinski definition) is 5. The minimum absolute atomic E-state index is 0.134. The predicted octanol–water partition coefficient (Wildman–Crippen LogP) is 4.99. The summed E-state index contributed by atoms with van der Waals surface area (Å²) in [6.45, 7) is 6.28. The monoisotopic (exact) mass is 458 g/mol. The molecule has 27 heavy (non-hydrogen) atoms. The van der Waals surface area contributed by atoms with Crippen molar-refractivity contribution < 1.29 is 22.9 Å². The zero-order valence-corrected chi connectivity index (χ0v) is 17.7. The van der Waals surface area contributed by atoms with Crippen molar-refractivity contribution in [2.75, 3.05) is 17.4 Å². The molecule has 0 atom stereocenters. The van der Waals surface area contributed by atoms with Crippen LogP contribution in [0.2, 0.25) is 0 Å². The van der Waals surface area contributed by atoms with Gasteiger partial charge in [-0.3, -0.25) is 4.79 Å². The Labute approximate surface area is 170 Å². The van der Waals surface area contributed by atoms with E-state index in [1.807, 2.05) is 20.8 Å². The number of anilines is 1. The number of rotatable bonds is 1. The number of ether oxygens (including phenoxy) is 2. The topological polar surface area (TPSA) is 59.1 Å². The summed E-state index contributed by atoms with van der Waals surface area (Å²) in [5.41, 5.74) is 0.559. The second-order valence-corrected chi connectivity index (χ2v) is 8.61. The van der Waals surface area contributed by atoms with Gasteiger partial charge in [0.05, 0.1) is 0 Å². The third-order valence-corrected chi connectivity index (χ3v) is 5.28. The van der Waals surface area contributed by atoms with E-state index in [-0.39, 0.29) is 24.2 Å². The first kappa shape index (κ1) is 20.0. The van der Waals surface area contributed by atoms with Crippen molar-refractivity contribution in [3.8, 4) is 5.75 Å². The van der Waals surface area contributed by atoms with Crippen molar-refractivity contribution in [1.82, 2.24) is 4.90 Å². The van der Waals surface area contributed by atoms with Gasteiger partial charge in [0.15, 0.2) is 23.8 Å². The van der Waals surface area contributed by atoms with Crippen LogP contribution in [-0.4, -0.2) is 35.6 Å². The lowest BCUT2D eigenvalue weighted by Gasteiger charge is -2.33. The molecule has 2 amide bonds. The number of benzene rings is 1. The van der Waals surface area contributed by atoms with Crippen molar-refractivity contribution in [3.05, 3.63) is 34.0 Å². The fourth-order valence-corrected chi connectivity index (χ4v) is 3.97. The number of piperidine rings is 1. The highest BCUT2D eigenvalue weighted by Gasteiger charge is 2.36. The maximum atomic E-state index is 13.5. The maximum Gasteiger partial charge on any atom is 0.410 e. The lowest BCUT2D eigenvalue weighted by molar-refractivity contribution is -0.116. The molecule has 2 aliphatic rings. The van der Waals surface area contributed by atoms with Gasteiger partial charge < -0.3 is 14.4 Å². The molecule has 0 radical (unpaired) electrons. The summed E-state index contributed by atoms with van der Waals surface area (Å²) in [7, 11) is 0. The highest BCUT2D eigenvalue weighted by Crippen LogP contribution is 2.45. The number of carbonyl (C=O) groups excluding carboxylic acids is 2. The van der Waals surface area contributed by atoms with E-state index in [4.69, 9.17) is 9.47 Å². The number of para-hydroxylation sites is 1. The summed E-state index contributed by atoms with van der Waals surface area (Å²) in [6, 6.07) is 5.16. The Morgan fingerprint density at radius 2 is 1.96 bits per heavy atom. The van der Waals surface area contributed by atoms with Gasteiger partial charge in [-0.15, -0.1) is 3.89 Å². The van der Waals surface area contributed by atoms with Crippen LogP contribution in [0.1, 0.15) is 33.6 Å². The van der Waals surface area contributed by atoms with Crippen LogP contribution in [0.4, 0.5) is 14.4 Å². The number of fused-ring (bicyclic) bond motifs is 1. The van der Waals surface area contributed by atoms with Crippen LogP contribution < -0.4 is 9.04 Å². The molecule has 0 bridgehead atoms. The molecule has 146 valence electrons. The Morgan fingerprint density at radius 3 is 2.56 bits per heavy atom. The molecule has 0 saturated carbocycles. The van der Waals surface area contributed by atoms with E-state index >= 15 is 0 Å². The third kappa shape index (κ3) is 4.24. The highest BCUT2D eigenvalue weighted by molar-refractivity contribution is 9.10. The number of nitrogens with zero attached hydrogens (tertiary/aromatic N) is 2. The van der Waals surface area contributed by atoms with Crippen LogP contribution in [0.3, 0.4) is 0 Å². The first-order valence-electron chi connectivity index (χ1n) is 8.51. The molecule has 0 aromatic heterocycles. The minimum Gasteiger partial charge on any atom is -0.449 e. The van der Waals surface area contributed by atoms with Gasteiger partial charge >= 0.3 is 12.0 Å². The average Bonchev–Trinajstić information content (AvgIpc) is 2.60. The molecule has 2 heterocycles. The first-order valence-corrected chi connectivity index (χ1v) is 9.97. The Balaban J connectivity index is 1.80. The quantitative estimate of drug-likeness (QED) is 0.438. The van der Waals surface area contributed by atoms with E-state index in [1.165, 1.54) is 0 Å². The summed E-state index contributed by atoms with van der Waals surface area (Å²) < 4.78 is 26.3. The molecule has 1 saturated heterocycles. The number of likely N-dealkylation sites (tertiary alicyclic amines) is 1. The van der Waals surface area contributed by atoms with Gasteiger partial charge in [-0.1, -0.05) is 6.07 Å². The van der Waals surface area contributed by atoms with Gasteiger partial charge in [0.2, 0.25) is 0 Å². The van der Waals surface area contributed by atoms with Crippen molar-refractivity contribution in [1.29, 1.82) is 0 Å². The molecular weight excluding hydrogens is 439 g/mol. The molecule has 0 aliphatic carbocycles. The Hall–Kier alpha value is -1.74. The van der Waals surface area contributed by atoms with Crippen LogP contribution in [0.25, 0.3) is 0 Å². The molecule has 9 heteroatoms. The normalized spacial score (nSPS) is 17.6. The zero-order chi connectivity index (χ0) is 19.8. The molecule has 2 aliphatic heterocycles. The van der Waals surface area contributed by atoms with E-state index in [0.29, 0.717) is 41.8 Å². The Kier molecular flexibility index (Phi) is 5.71. The Morgan fingerprint density at radius 1 is 1.30 bits per heavy atom. The van der Waals surface area contributed by atoms with Crippen LogP contribution in [0.15, 0.2) is 34.0 Å². The number of halogens is 2. The van der Waals surface area contributed by atoms with Crippen molar-refractivity contribution in [3.63, 3.8) is 0 Å². The smallest absolute Gasteiger partial charge is 0.410 e. The van der Waals surface area contributed by atoms with Gasteiger partial charge in [-0.2, -0.15) is 0 Å². The SMILES string of the molecule is CC(C)(C)OC(=O)N1CCC(=C2Oc3cccc(Br)c3N(SF)C2=O)CC1. The fraction of sp³-hybridized carbons (Fsp3) is 0.444. The predicted molar refractivity (Wildman–Crippen MR) is 105 cm³/mol. The summed E-state index contributed by atoms with van der Waals surface area (Å²) in [6.07, 6.45) is 0.556. The fourth-order valence-electron chi connectivity index (χ4n) is 2.92. The number of carbonyl (C=O) groups is 2. The molecule has 0 spiro atoms. The molecule has 6 nitrogen and oxygen atoms in total. The molecule has 0 N–H and O–H groups in total. The molecule has 3 rings (SSSR count). The zero-order valence-electron chi connectivity index (χ0n) is 15.3. The van der Waals surface area contributed by atoms with Gasteiger partial charge in [0, 0.05) is 17.6 Å². The van der Waals surface area contributed by atoms with E-state index in [1.54, 1.807) is 23.1 Å². The summed E-state index contributed by atoms with van der Waals surface area (Å²) in [5.74, 6) is 0.00315. The van der Waals surface area contributed by atoms with Gasteiger partial charge in [-0.25, -0.2) is 9.10 Å².